The Morgan fingerprint density at radius 2 is 1.75 bits per heavy atom. The lowest BCUT2D eigenvalue weighted by Crippen LogP contribution is -2.33. The molecule has 2 aliphatic rings. The summed E-state index contributed by atoms with van der Waals surface area (Å²) in [5, 5.41) is 7.10. The third-order valence-electron chi connectivity index (χ3n) is 5.89. The van der Waals surface area contributed by atoms with Gasteiger partial charge in [0.05, 0.1) is 32.6 Å². The van der Waals surface area contributed by atoms with Crippen molar-refractivity contribution in [1.82, 2.24) is 5.01 Å². The molecule has 6 heteroatoms. The highest BCUT2D eigenvalue weighted by Crippen LogP contribution is 2.48. The summed E-state index contributed by atoms with van der Waals surface area (Å²) in [5.74, 6) is 3.24. The van der Waals surface area contributed by atoms with Crippen molar-refractivity contribution in [1.29, 1.82) is 0 Å². The second-order valence-electron chi connectivity index (χ2n) is 7.72. The van der Waals surface area contributed by atoms with Crippen LogP contribution in [0.4, 0.5) is 0 Å². The SMILES string of the molecule is CCOc1ccc(C2Oc3ccccc3C3CC(c4ccc(OC)cc4OC)=NN32)cc1. The molecule has 5 rings (SSSR count). The Labute approximate surface area is 188 Å². The van der Waals surface area contributed by atoms with Gasteiger partial charge in [-0.15, -0.1) is 0 Å². The van der Waals surface area contributed by atoms with E-state index in [0.29, 0.717) is 6.61 Å². The van der Waals surface area contributed by atoms with E-state index in [2.05, 4.69) is 11.1 Å². The highest BCUT2D eigenvalue weighted by atomic mass is 16.5. The van der Waals surface area contributed by atoms with Crippen LogP contribution in [0.25, 0.3) is 0 Å². The number of nitrogens with zero attached hydrogens (tertiary/aromatic N) is 2. The highest BCUT2D eigenvalue weighted by molar-refractivity contribution is 6.04. The molecule has 3 aromatic carbocycles. The molecule has 0 aliphatic carbocycles. The molecular formula is C26H26N2O4. The number of ether oxygens (including phenoxy) is 4. The summed E-state index contributed by atoms with van der Waals surface area (Å²) in [4.78, 5) is 0. The van der Waals surface area contributed by atoms with Gasteiger partial charge in [0, 0.05) is 29.2 Å². The normalized spacial score (nSPS) is 18.8. The Kier molecular flexibility index (Phi) is 5.35. The van der Waals surface area contributed by atoms with Gasteiger partial charge in [-0.3, -0.25) is 0 Å². The Hall–Kier alpha value is -3.67. The summed E-state index contributed by atoms with van der Waals surface area (Å²) in [7, 11) is 3.32. The van der Waals surface area contributed by atoms with E-state index in [4.69, 9.17) is 24.0 Å². The lowest BCUT2D eigenvalue weighted by atomic mass is 9.95. The molecule has 2 atom stereocenters. The van der Waals surface area contributed by atoms with Crippen LogP contribution >= 0.6 is 0 Å². The van der Waals surface area contributed by atoms with E-state index >= 15 is 0 Å². The second kappa shape index (κ2) is 8.46. The van der Waals surface area contributed by atoms with Crippen molar-refractivity contribution in [3.8, 4) is 23.0 Å². The van der Waals surface area contributed by atoms with Crippen LogP contribution in [0.2, 0.25) is 0 Å². The van der Waals surface area contributed by atoms with Crippen LogP contribution in [-0.2, 0) is 0 Å². The first-order chi connectivity index (χ1) is 15.7. The summed E-state index contributed by atoms with van der Waals surface area (Å²) in [6.45, 7) is 2.62. The van der Waals surface area contributed by atoms with Gasteiger partial charge in [-0.25, -0.2) is 5.01 Å². The fourth-order valence-electron chi connectivity index (χ4n) is 4.35. The van der Waals surface area contributed by atoms with E-state index in [0.717, 1.165) is 51.8 Å². The minimum Gasteiger partial charge on any atom is -0.497 e. The van der Waals surface area contributed by atoms with Gasteiger partial charge in [0.15, 0.2) is 0 Å². The zero-order valence-corrected chi connectivity index (χ0v) is 18.4. The van der Waals surface area contributed by atoms with Crippen molar-refractivity contribution in [2.24, 2.45) is 5.10 Å². The number of benzene rings is 3. The second-order valence-corrected chi connectivity index (χ2v) is 7.72. The van der Waals surface area contributed by atoms with Crippen LogP contribution in [0.1, 0.15) is 42.3 Å². The number of hydrazone groups is 1. The maximum atomic E-state index is 6.44. The molecule has 0 spiro atoms. The highest BCUT2D eigenvalue weighted by Gasteiger charge is 2.41. The summed E-state index contributed by atoms with van der Waals surface area (Å²) >= 11 is 0. The van der Waals surface area contributed by atoms with Gasteiger partial charge in [0.2, 0.25) is 6.23 Å². The number of para-hydroxylation sites is 1. The van der Waals surface area contributed by atoms with Gasteiger partial charge >= 0.3 is 0 Å². The van der Waals surface area contributed by atoms with E-state index in [-0.39, 0.29) is 12.3 Å². The van der Waals surface area contributed by atoms with Crippen molar-refractivity contribution in [3.63, 3.8) is 0 Å². The molecule has 0 amide bonds. The van der Waals surface area contributed by atoms with Crippen molar-refractivity contribution in [2.45, 2.75) is 25.6 Å². The van der Waals surface area contributed by atoms with Crippen molar-refractivity contribution in [3.05, 3.63) is 83.4 Å². The number of hydrogen-bond donors (Lipinski definition) is 0. The summed E-state index contributed by atoms with van der Waals surface area (Å²) in [6.07, 6.45) is 0.434. The van der Waals surface area contributed by atoms with Crippen LogP contribution < -0.4 is 18.9 Å². The maximum absolute atomic E-state index is 6.44. The van der Waals surface area contributed by atoms with E-state index in [1.165, 1.54) is 0 Å². The molecule has 2 heterocycles. The maximum Gasteiger partial charge on any atom is 0.213 e. The third-order valence-corrected chi connectivity index (χ3v) is 5.89. The predicted molar refractivity (Wildman–Crippen MR) is 123 cm³/mol. The molecule has 0 fully saturated rings. The van der Waals surface area contributed by atoms with Crippen LogP contribution in [0.3, 0.4) is 0 Å². The average molecular weight is 431 g/mol. The molecule has 3 aromatic rings. The fourth-order valence-corrected chi connectivity index (χ4v) is 4.35. The molecule has 6 nitrogen and oxygen atoms in total. The van der Waals surface area contributed by atoms with Gasteiger partial charge in [0.1, 0.15) is 23.0 Å². The molecule has 2 unspecified atom stereocenters. The fraction of sp³-hybridized carbons (Fsp3) is 0.269. The Morgan fingerprint density at radius 1 is 0.969 bits per heavy atom. The first kappa shape index (κ1) is 20.2. The molecule has 0 N–H and O–H groups in total. The zero-order chi connectivity index (χ0) is 22.1. The predicted octanol–water partition coefficient (Wildman–Crippen LogP) is 5.34. The van der Waals surface area contributed by atoms with Crippen LogP contribution in [0, 0.1) is 0 Å². The Morgan fingerprint density at radius 3 is 2.50 bits per heavy atom. The quantitative estimate of drug-likeness (QED) is 0.528. The molecule has 0 aromatic heterocycles. The average Bonchev–Trinajstić information content (AvgIpc) is 3.29. The smallest absolute Gasteiger partial charge is 0.213 e. The van der Waals surface area contributed by atoms with Crippen LogP contribution in [0.15, 0.2) is 71.8 Å². The van der Waals surface area contributed by atoms with E-state index < -0.39 is 0 Å². The van der Waals surface area contributed by atoms with Crippen LogP contribution in [-0.4, -0.2) is 31.5 Å². The molecule has 0 saturated heterocycles. The van der Waals surface area contributed by atoms with E-state index in [9.17, 15) is 0 Å². The number of fused-ring (bicyclic) bond motifs is 3. The number of methoxy groups -OCH3 is 2. The largest absolute Gasteiger partial charge is 0.497 e. The molecule has 32 heavy (non-hydrogen) atoms. The number of rotatable bonds is 6. The van der Waals surface area contributed by atoms with Gasteiger partial charge in [-0.1, -0.05) is 18.2 Å². The standard InChI is InChI=1S/C26H26N2O4/c1-4-31-18-11-9-17(10-12-18)26-28-23(21-7-5-6-8-24(21)32-26)16-22(27-28)20-14-13-19(29-2)15-25(20)30-3/h5-15,23,26H,4,16H2,1-3H3. The van der Waals surface area contributed by atoms with Crippen molar-refractivity contribution in [2.75, 3.05) is 20.8 Å². The number of hydrogen-bond acceptors (Lipinski definition) is 6. The molecule has 164 valence electrons. The minimum absolute atomic E-state index is 0.0818. The molecular weight excluding hydrogens is 404 g/mol. The van der Waals surface area contributed by atoms with Gasteiger partial charge in [-0.05, 0) is 49.4 Å². The topological polar surface area (TPSA) is 52.5 Å². The molecule has 0 radical (unpaired) electrons. The van der Waals surface area contributed by atoms with Gasteiger partial charge in [0.25, 0.3) is 0 Å². The molecule has 0 saturated carbocycles. The van der Waals surface area contributed by atoms with Crippen molar-refractivity contribution >= 4 is 5.71 Å². The summed E-state index contributed by atoms with van der Waals surface area (Å²) in [5.41, 5.74) is 4.09. The van der Waals surface area contributed by atoms with E-state index in [1.54, 1.807) is 14.2 Å². The first-order valence-corrected chi connectivity index (χ1v) is 10.8. The Balaban J connectivity index is 1.55. The van der Waals surface area contributed by atoms with E-state index in [1.807, 2.05) is 67.6 Å². The first-order valence-electron chi connectivity index (χ1n) is 10.8. The monoisotopic (exact) mass is 430 g/mol. The third kappa shape index (κ3) is 3.51. The molecule has 0 bridgehead atoms. The summed E-state index contributed by atoms with van der Waals surface area (Å²) in [6, 6.07) is 22.2. The lowest BCUT2D eigenvalue weighted by molar-refractivity contribution is -0.0190. The van der Waals surface area contributed by atoms with Crippen molar-refractivity contribution < 1.29 is 18.9 Å². The van der Waals surface area contributed by atoms with Gasteiger partial charge < -0.3 is 18.9 Å². The lowest BCUT2D eigenvalue weighted by Gasteiger charge is -2.38. The van der Waals surface area contributed by atoms with Gasteiger partial charge in [-0.2, -0.15) is 5.10 Å². The van der Waals surface area contributed by atoms with Crippen LogP contribution in [0.5, 0.6) is 23.0 Å². The molecule has 2 aliphatic heterocycles. The summed E-state index contributed by atoms with van der Waals surface area (Å²) < 4.78 is 23.0. The minimum atomic E-state index is -0.327. The zero-order valence-electron chi connectivity index (χ0n) is 18.4. The Bertz CT molecular complexity index is 1140.